The maximum atomic E-state index is 13.2. The quantitative estimate of drug-likeness (QED) is 0.595. The van der Waals surface area contributed by atoms with Crippen molar-refractivity contribution in [3.05, 3.63) is 74.3 Å². The number of hydrogen-bond donors (Lipinski definition) is 2. The molecule has 0 aliphatic carbocycles. The number of nitrogen functional groups attached to an aromatic ring is 1. The number of benzene rings is 2. The van der Waals surface area contributed by atoms with E-state index in [0.717, 1.165) is 0 Å². The number of nitrogens with zero attached hydrogens (tertiary/aromatic N) is 2. The average molecular weight is 439 g/mol. The summed E-state index contributed by atoms with van der Waals surface area (Å²) in [6.07, 6.45) is 0. The van der Waals surface area contributed by atoms with E-state index in [0.29, 0.717) is 29.2 Å². The number of hydrogen-bond acceptors (Lipinski definition) is 6. The molecule has 1 aromatic heterocycles. The number of nitriles is 2. The van der Waals surface area contributed by atoms with Gasteiger partial charge in [-0.2, -0.15) is 10.5 Å². The second-order valence-electron chi connectivity index (χ2n) is 6.34. The highest BCUT2D eigenvalue weighted by Gasteiger charge is 2.20. The van der Waals surface area contributed by atoms with Crippen LogP contribution in [0, 0.1) is 28.5 Å². The average Bonchev–Trinajstić information content (AvgIpc) is 2.73. The Kier molecular flexibility index (Phi) is 6.44. The molecule has 0 saturated carbocycles. The lowest BCUT2D eigenvalue weighted by atomic mass is 9.96. The van der Waals surface area contributed by atoms with Gasteiger partial charge >= 0.3 is 0 Å². The summed E-state index contributed by atoms with van der Waals surface area (Å²) in [5.41, 5.74) is 5.90. The summed E-state index contributed by atoms with van der Waals surface area (Å²) in [6.45, 7) is 2.15. The standard InChI is InChI=1S/C22H16ClFN4O3/c1-2-30-19-7-12(20-15(9-25)21(27)28-22(29)16(20)10-26)4-6-18(19)31-11-13-3-5-14(24)8-17(13)23/h3-8H,2,11H2,1H3,(H3,27,28,29). The molecule has 7 nitrogen and oxygen atoms in total. The third-order valence-corrected chi connectivity index (χ3v) is 4.75. The fourth-order valence-electron chi connectivity index (χ4n) is 2.98. The van der Waals surface area contributed by atoms with Crippen LogP contribution in [0.2, 0.25) is 5.02 Å². The van der Waals surface area contributed by atoms with Crippen LogP contribution >= 0.6 is 11.6 Å². The van der Waals surface area contributed by atoms with Crippen LogP contribution in [-0.4, -0.2) is 11.6 Å². The first-order valence-corrected chi connectivity index (χ1v) is 9.47. The summed E-state index contributed by atoms with van der Waals surface area (Å²) in [5.74, 6) is 0.100. The Hall–Kier alpha value is -4.01. The molecule has 156 valence electrons. The largest absolute Gasteiger partial charge is 0.490 e. The maximum Gasteiger partial charge on any atom is 0.268 e. The van der Waals surface area contributed by atoms with Crippen LogP contribution in [-0.2, 0) is 6.61 Å². The van der Waals surface area contributed by atoms with Gasteiger partial charge in [-0.3, -0.25) is 4.79 Å². The summed E-state index contributed by atoms with van der Waals surface area (Å²) < 4.78 is 24.7. The second kappa shape index (κ2) is 9.21. The van der Waals surface area contributed by atoms with Crippen LogP contribution in [0.3, 0.4) is 0 Å². The zero-order chi connectivity index (χ0) is 22.5. The molecule has 9 heteroatoms. The molecule has 3 aromatic rings. The second-order valence-corrected chi connectivity index (χ2v) is 6.74. The molecule has 0 saturated heterocycles. The predicted molar refractivity (Wildman–Crippen MR) is 113 cm³/mol. The van der Waals surface area contributed by atoms with Gasteiger partial charge in [-0.1, -0.05) is 23.7 Å². The Bertz CT molecular complexity index is 1290. The summed E-state index contributed by atoms with van der Waals surface area (Å²) in [4.78, 5) is 14.5. The first kappa shape index (κ1) is 21.7. The van der Waals surface area contributed by atoms with Crippen molar-refractivity contribution in [3.8, 4) is 34.8 Å². The Morgan fingerprint density at radius 1 is 1.10 bits per heavy atom. The van der Waals surface area contributed by atoms with Gasteiger partial charge in [-0.05, 0) is 36.8 Å². The van der Waals surface area contributed by atoms with E-state index in [-0.39, 0.29) is 34.1 Å². The Morgan fingerprint density at radius 3 is 2.48 bits per heavy atom. The first-order valence-electron chi connectivity index (χ1n) is 9.09. The summed E-state index contributed by atoms with van der Waals surface area (Å²) in [5, 5.41) is 19.2. The number of H-pyrrole nitrogens is 1. The smallest absolute Gasteiger partial charge is 0.268 e. The summed E-state index contributed by atoms with van der Waals surface area (Å²) in [7, 11) is 0. The SMILES string of the molecule is CCOc1cc(-c2c(C#N)c(N)[nH]c(=O)c2C#N)ccc1OCc1ccc(F)cc1Cl. The number of nitrogens with one attached hydrogen (secondary N) is 1. The molecule has 0 aliphatic rings. The highest BCUT2D eigenvalue weighted by Crippen LogP contribution is 2.36. The predicted octanol–water partition coefficient (Wildman–Crippen LogP) is 4.14. The van der Waals surface area contributed by atoms with Gasteiger partial charge in [0.25, 0.3) is 5.56 Å². The van der Waals surface area contributed by atoms with Gasteiger partial charge in [-0.15, -0.1) is 0 Å². The van der Waals surface area contributed by atoms with E-state index in [2.05, 4.69) is 4.98 Å². The molecule has 3 rings (SSSR count). The Balaban J connectivity index is 2.05. The van der Waals surface area contributed by atoms with E-state index >= 15 is 0 Å². The fourth-order valence-corrected chi connectivity index (χ4v) is 3.20. The molecule has 2 aromatic carbocycles. The van der Waals surface area contributed by atoms with Crippen molar-refractivity contribution in [1.82, 2.24) is 4.98 Å². The molecule has 0 unspecified atom stereocenters. The molecule has 1 heterocycles. The van der Waals surface area contributed by atoms with E-state index < -0.39 is 11.4 Å². The summed E-state index contributed by atoms with van der Waals surface area (Å²) >= 11 is 6.04. The molecular weight excluding hydrogens is 423 g/mol. The lowest BCUT2D eigenvalue weighted by Gasteiger charge is -2.15. The van der Waals surface area contributed by atoms with Crippen molar-refractivity contribution in [2.75, 3.05) is 12.3 Å². The van der Waals surface area contributed by atoms with E-state index in [4.69, 9.17) is 26.8 Å². The number of aromatic nitrogens is 1. The lowest BCUT2D eigenvalue weighted by molar-refractivity contribution is 0.269. The minimum atomic E-state index is -0.696. The van der Waals surface area contributed by atoms with Crippen LogP contribution in [0.1, 0.15) is 23.6 Å². The van der Waals surface area contributed by atoms with Crippen LogP contribution in [0.15, 0.2) is 41.2 Å². The topological polar surface area (TPSA) is 125 Å². The van der Waals surface area contributed by atoms with Crippen molar-refractivity contribution in [2.24, 2.45) is 0 Å². The number of pyridine rings is 1. The highest BCUT2D eigenvalue weighted by atomic mass is 35.5. The van der Waals surface area contributed by atoms with E-state index in [1.807, 2.05) is 12.1 Å². The summed E-state index contributed by atoms with van der Waals surface area (Å²) in [6, 6.07) is 12.5. The molecule has 31 heavy (non-hydrogen) atoms. The normalized spacial score (nSPS) is 10.2. The number of anilines is 1. The van der Waals surface area contributed by atoms with Gasteiger partial charge in [0, 0.05) is 11.1 Å². The number of nitrogens with two attached hydrogens (primary N) is 1. The van der Waals surface area contributed by atoms with Gasteiger partial charge in [0.1, 0.15) is 41.5 Å². The monoisotopic (exact) mass is 438 g/mol. The van der Waals surface area contributed by atoms with Gasteiger partial charge in [0.05, 0.1) is 11.6 Å². The zero-order valence-corrected chi connectivity index (χ0v) is 17.1. The zero-order valence-electron chi connectivity index (χ0n) is 16.3. The molecule has 3 N–H and O–H groups in total. The van der Waals surface area contributed by atoms with Gasteiger partial charge in [-0.25, -0.2) is 4.39 Å². The highest BCUT2D eigenvalue weighted by molar-refractivity contribution is 6.31. The van der Waals surface area contributed by atoms with Crippen LogP contribution in [0.5, 0.6) is 11.5 Å². The number of aromatic amines is 1. The molecule has 0 fully saturated rings. The van der Waals surface area contributed by atoms with E-state index in [1.54, 1.807) is 25.1 Å². The Morgan fingerprint density at radius 2 is 1.84 bits per heavy atom. The van der Waals surface area contributed by atoms with Crippen molar-refractivity contribution in [2.45, 2.75) is 13.5 Å². The third-order valence-electron chi connectivity index (χ3n) is 4.40. The molecular formula is C22H16ClFN4O3. The van der Waals surface area contributed by atoms with Crippen molar-refractivity contribution in [1.29, 1.82) is 10.5 Å². The number of ether oxygens (including phenoxy) is 2. The van der Waals surface area contributed by atoms with Crippen LogP contribution in [0.4, 0.5) is 10.2 Å². The molecule has 0 amide bonds. The molecule has 0 spiro atoms. The van der Waals surface area contributed by atoms with Crippen LogP contribution in [0.25, 0.3) is 11.1 Å². The van der Waals surface area contributed by atoms with Gasteiger partial charge in [0.2, 0.25) is 0 Å². The molecule has 0 atom stereocenters. The first-order chi connectivity index (χ1) is 14.9. The van der Waals surface area contributed by atoms with Crippen LogP contribution < -0.4 is 20.8 Å². The molecule has 0 aliphatic heterocycles. The van der Waals surface area contributed by atoms with Gasteiger partial charge < -0.3 is 20.2 Å². The van der Waals surface area contributed by atoms with Crippen molar-refractivity contribution in [3.63, 3.8) is 0 Å². The van der Waals surface area contributed by atoms with Gasteiger partial charge in [0.15, 0.2) is 11.5 Å². The maximum absolute atomic E-state index is 13.2. The number of rotatable bonds is 6. The fraction of sp³-hybridized carbons (Fsp3) is 0.136. The van der Waals surface area contributed by atoms with Crippen molar-refractivity contribution >= 4 is 17.4 Å². The third kappa shape index (κ3) is 4.45. The number of halogens is 2. The minimum absolute atomic E-state index is 0.0228. The Labute approximate surface area is 182 Å². The molecule has 0 radical (unpaired) electrons. The molecule has 0 bridgehead atoms. The van der Waals surface area contributed by atoms with Crippen molar-refractivity contribution < 1.29 is 13.9 Å². The minimum Gasteiger partial charge on any atom is -0.490 e. The lowest BCUT2D eigenvalue weighted by Crippen LogP contribution is -2.16. The van der Waals surface area contributed by atoms with E-state index in [9.17, 15) is 19.7 Å². The van der Waals surface area contributed by atoms with E-state index in [1.165, 1.54) is 18.2 Å².